The topological polar surface area (TPSA) is 28.7 Å². The molecule has 1 N–H and O–H groups in total. The Balaban J connectivity index is 2.03. The molecule has 0 unspecified atom stereocenters. The zero-order valence-electron chi connectivity index (χ0n) is 10.6. The Labute approximate surface area is 126 Å². The standard InChI is InChI=1S/C14H9BrF4N2/c15-8-2-3-9(10(16)6-8)13-20-11-4-1-7(14(17,18)19)5-12(11)21-13/h2-3,5-6H,1,4H2,(H,20,21). The van der Waals surface area contributed by atoms with Crippen molar-refractivity contribution in [3.8, 4) is 11.4 Å². The van der Waals surface area contributed by atoms with Gasteiger partial charge in [-0.2, -0.15) is 13.2 Å². The fourth-order valence-corrected chi connectivity index (χ4v) is 2.60. The lowest BCUT2D eigenvalue weighted by Crippen LogP contribution is -2.15. The van der Waals surface area contributed by atoms with Crippen molar-refractivity contribution >= 4 is 22.0 Å². The summed E-state index contributed by atoms with van der Waals surface area (Å²) in [6.07, 6.45) is -3.21. The molecule has 1 heterocycles. The number of hydrogen-bond acceptors (Lipinski definition) is 1. The highest BCUT2D eigenvalue weighted by Crippen LogP contribution is 2.35. The van der Waals surface area contributed by atoms with Crippen molar-refractivity contribution in [2.24, 2.45) is 0 Å². The van der Waals surface area contributed by atoms with Gasteiger partial charge >= 0.3 is 6.18 Å². The fraction of sp³-hybridized carbons (Fsp3) is 0.214. The minimum atomic E-state index is -4.35. The number of allylic oxidation sites excluding steroid dienone is 1. The molecule has 2 aromatic rings. The molecule has 0 atom stereocenters. The van der Waals surface area contributed by atoms with Gasteiger partial charge in [0.05, 0.1) is 11.3 Å². The molecule has 110 valence electrons. The SMILES string of the molecule is Fc1cc(Br)ccc1-c1nc2c([nH]1)CCC(C(F)(F)F)=C2. The van der Waals surface area contributed by atoms with E-state index in [4.69, 9.17) is 0 Å². The van der Waals surface area contributed by atoms with E-state index in [0.717, 1.165) is 6.08 Å². The summed E-state index contributed by atoms with van der Waals surface area (Å²) in [6.45, 7) is 0. The van der Waals surface area contributed by atoms with Crippen LogP contribution in [0.2, 0.25) is 0 Å². The van der Waals surface area contributed by atoms with Gasteiger partial charge in [0.1, 0.15) is 11.6 Å². The van der Waals surface area contributed by atoms with Crippen LogP contribution in [0.5, 0.6) is 0 Å². The molecule has 1 aliphatic rings. The number of imidazole rings is 1. The maximum Gasteiger partial charge on any atom is 0.412 e. The van der Waals surface area contributed by atoms with Crippen LogP contribution in [0.15, 0.2) is 28.2 Å². The molecule has 3 rings (SSSR count). The van der Waals surface area contributed by atoms with Gasteiger partial charge in [-0.15, -0.1) is 0 Å². The number of aryl methyl sites for hydroxylation is 1. The average Bonchev–Trinajstić information content (AvgIpc) is 2.79. The molecule has 0 radical (unpaired) electrons. The Morgan fingerprint density at radius 1 is 1.19 bits per heavy atom. The van der Waals surface area contributed by atoms with Crippen LogP contribution in [0.4, 0.5) is 17.6 Å². The molecule has 0 amide bonds. The molecule has 2 nitrogen and oxygen atoms in total. The van der Waals surface area contributed by atoms with Gasteiger partial charge in [0.15, 0.2) is 0 Å². The first-order valence-corrected chi connectivity index (χ1v) is 6.96. The lowest BCUT2D eigenvalue weighted by molar-refractivity contribution is -0.0931. The van der Waals surface area contributed by atoms with Gasteiger partial charge in [-0.25, -0.2) is 9.37 Å². The third-order valence-electron chi connectivity index (χ3n) is 3.32. The first-order valence-electron chi connectivity index (χ1n) is 6.16. The number of alkyl halides is 3. The van der Waals surface area contributed by atoms with E-state index in [1.807, 2.05) is 0 Å². The Morgan fingerprint density at radius 3 is 2.62 bits per heavy atom. The maximum absolute atomic E-state index is 13.9. The second kappa shape index (κ2) is 4.98. The highest BCUT2D eigenvalue weighted by Gasteiger charge is 2.35. The van der Waals surface area contributed by atoms with Crippen LogP contribution >= 0.6 is 15.9 Å². The number of hydrogen-bond donors (Lipinski definition) is 1. The molecule has 0 saturated carbocycles. The van der Waals surface area contributed by atoms with E-state index < -0.39 is 17.6 Å². The number of halogens is 5. The monoisotopic (exact) mass is 360 g/mol. The minimum Gasteiger partial charge on any atom is -0.341 e. The number of aromatic nitrogens is 2. The van der Waals surface area contributed by atoms with Crippen LogP contribution in [-0.2, 0) is 6.42 Å². The van der Waals surface area contributed by atoms with Crippen LogP contribution in [-0.4, -0.2) is 16.1 Å². The van der Waals surface area contributed by atoms with Crippen molar-refractivity contribution in [3.63, 3.8) is 0 Å². The lowest BCUT2D eigenvalue weighted by Gasteiger charge is -2.14. The number of aromatic amines is 1. The molecule has 21 heavy (non-hydrogen) atoms. The minimum absolute atomic E-state index is 0.0963. The summed E-state index contributed by atoms with van der Waals surface area (Å²) in [7, 11) is 0. The highest BCUT2D eigenvalue weighted by molar-refractivity contribution is 9.10. The van der Waals surface area contributed by atoms with E-state index in [9.17, 15) is 17.6 Å². The number of rotatable bonds is 1. The normalized spacial score (nSPS) is 14.8. The molecule has 1 aromatic heterocycles. The molecule has 1 aromatic carbocycles. The van der Waals surface area contributed by atoms with Crippen LogP contribution in [0, 0.1) is 5.82 Å². The molecular weight excluding hydrogens is 352 g/mol. The van der Waals surface area contributed by atoms with Crippen LogP contribution < -0.4 is 0 Å². The predicted molar refractivity (Wildman–Crippen MR) is 74.0 cm³/mol. The summed E-state index contributed by atoms with van der Waals surface area (Å²) < 4.78 is 52.6. The quantitative estimate of drug-likeness (QED) is 0.722. The Hall–Kier alpha value is -1.63. The molecule has 0 fully saturated rings. The van der Waals surface area contributed by atoms with Gasteiger partial charge in [-0.3, -0.25) is 0 Å². The lowest BCUT2D eigenvalue weighted by atomic mass is 10.00. The van der Waals surface area contributed by atoms with Crippen molar-refractivity contribution in [1.29, 1.82) is 0 Å². The van der Waals surface area contributed by atoms with Gasteiger partial charge < -0.3 is 4.98 Å². The summed E-state index contributed by atoms with van der Waals surface area (Å²) in [5, 5.41) is 0. The van der Waals surface area contributed by atoms with Gasteiger partial charge in [-0.05, 0) is 37.1 Å². The fourth-order valence-electron chi connectivity index (χ4n) is 2.26. The van der Waals surface area contributed by atoms with Crippen molar-refractivity contribution < 1.29 is 17.6 Å². The van der Waals surface area contributed by atoms with Crippen LogP contribution in [0.25, 0.3) is 17.5 Å². The van der Waals surface area contributed by atoms with E-state index in [0.29, 0.717) is 10.2 Å². The number of benzene rings is 1. The first kappa shape index (κ1) is 14.3. The Bertz CT molecular complexity index is 731. The largest absolute Gasteiger partial charge is 0.412 e. The van der Waals surface area contributed by atoms with Crippen molar-refractivity contribution in [2.45, 2.75) is 19.0 Å². The second-order valence-corrected chi connectivity index (χ2v) is 5.66. The summed E-state index contributed by atoms with van der Waals surface area (Å²) in [6, 6.07) is 4.46. The van der Waals surface area contributed by atoms with Gasteiger partial charge in [0.25, 0.3) is 0 Å². The predicted octanol–water partition coefficient (Wildman–Crippen LogP) is 4.87. The first-order chi connectivity index (χ1) is 9.84. The maximum atomic E-state index is 13.9. The molecule has 0 spiro atoms. The highest BCUT2D eigenvalue weighted by atomic mass is 79.9. The molecule has 0 aliphatic heterocycles. The van der Waals surface area contributed by atoms with E-state index in [1.165, 1.54) is 12.1 Å². The average molecular weight is 361 g/mol. The molecule has 0 saturated heterocycles. The molecular formula is C14H9BrF4N2. The zero-order valence-corrected chi connectivity index (χ0v) is 12.1. The Morgan fingerprint density at radius 2 is 1.95 bits per heavy atom. The number of H-pyrrole nitrogens is 1. The van der Waals surface area contributed by atoms with Crippen molar-refractivity contribution in [2.75, 3.05) is 0 Å². The van der Waals surface area contributed by atoms with E-state index in [2.05, 4.69) is 25.9 Å². The summed E-state index contributed by atoms with van der Waals surface area (Å²) in [5.74, 6) is -0.250. The van der Waals surface area contributed by atoms with Gasteiger partial charge in [0, 0.05) is 15.7 Å². The zero-order chi connectivity index (χ0) is 15.2. The van der Waals surface area contributed by atoms with Crippen molar-refractivity contribution in [1.82, 2.24) is 9.97 Å². The molecule has 0 bridgehead atoms. The van der Waals surface area contributed by atoms with E-state index >= 15 is 0 Å². The van der Waals surface area contributed by atoms with Gasteiger partial charge in [0.2, 0.25) is 0 Å². The number of fused-ring (bicyclic) bond motifs is 1. The second-order valence-electron chi connectivity index (χ2n) is 4.74. The molecule has 1 aliphatic carbocycles. The summed E-state index contributed by atoms with van der Waals surface area (Å²) >= 11 is 3.15. The number of nitrogens with one attached hydrogen (secondary N) is 1. The van der Waals surface area contributed by atoms with Crippen molar-refractivity contribution in [3.05, 3.63) is 45.5 Å². The van der Waals surface area contributed by atoms with E-state index in [1.54, 1.807) is 6.07 Å². The Kier molecular flexibility index (Phi) is 3.39. The number of nitrogens with zero attached hydrogens (tertiary/aromatic N) is 1. The van der Waals surface area contributed by atoms with Gasteiger partial charge in [-0.1, -0.05) is 15.9 Å². The third-order valence-corrected chi connectivity index (χ3v) is 3.81. The summed E-state index contributed by atoms with van der Waals surface area (Å²) in [4.78, 5) is 6.99. The van der Waals surface area contributed by atoms with Crippen LogP contribution in [0.3, 0.4) is 0 Å². The smallest absolute Gasteiger partial charge is 0.341 e. The summed E-state index contributed by atoms with van der Waals surface area (Å²) in [5.41, 5.74) is 0.449. The van der Waals surface area contributed by atoms with E-state index in [-0.39, 0.29) is 29.9 Å². The van der Waals surface area contributed by atoms with Crippen LogP contribution in [0.1, 0.15) is 17.8 Å². The third kappa shape index (κ3) is 2.74. The molecule has 7 heteroatoms.